The maximum Gasteiger partial charge on any atom is 0.220 e. The first kappa shape index (κ1) is 9.14. The van der Waals surface area contributed by atoms with E-state index in [4.69, 9.17) is 0 Å². The quantitative estimate of drug-likeness (QED) is 0.443. The Bertz CT molecular complexity index is 112. The summed E-state index contributed by atoms with van der Waals surface area (Å²) in [4.78, 5) is 14.3. The summed E-state index contributed by atoms with van der Waals surface area (Å²) >= 11 is 0. The van der Waals surface area contributed by atoms with Crippen molar-refractivity contribution in [1.29, 1.82) is 0 Å². The molecule has 0 fully saturated rings. The van der Waals surface area contributed by atoms with Gasteiger partial charge >= 0.3 is 0 Å². The van der Waals surface area contributed by atoms with E-state index in [0.717, 1.165) is 6.42 Å². The molecule has 0 bridgehead atoms. The molecule has 0 spiro atoms. The summed E-state index contributed by atoms with van der Waals surface area (Å²) in [6, 6.07) is 0. The minimum atomic E-state index is 0.103. The first-order chi connectivity index (χ1) is 4.81. The molecule has 0 aromatic heterocycles. The van der Waals surface area contributed by atoms with Gasteiger partial charge in [0.15, 0.2) is 0 Å². The van der Waals surface area contributed by atoms with Crippen LogP contribution in [0.2, 0.25) is 0 Å². The van der Waals surface area contributed by atoms with Gasteiger partial charge in [-0.1, -0.05) is 6.92 Å². The van der Waals surface area contributed by atoms with Crippen LogP contribution in [0.1, 0.15) is 19.8 Å². The second kappa shape index (κ2) is 6.26. The van der Waals surface area contributed by atoms with Gasteiger partial charge in [0.05, 0.1) is 6.54 Å². The molecule has 0 atom stereocenters. The summed E-state index contributed by atoms with van der Waals surface area (Å²) < 4.78 is 0. The second-order valence-electron chi connectivity index (χ2n) is 2.05. The fraction of sp³-hybridized carbons (Fsp3) is 0.714. The Morgan fingerprint density at radius 3 is 2.90 bits per heavy atom. The lowest BCUT2D eigenvalue weighted by atomic mass is 10.3. The Morgan fingerprint density at radius 1 is 1.70 bits per heavy atom. The molecule has 0 rings (SSSR count). The molecule has 0 aliphatic carbocycles. The average Bonchev–Trinajstić information content (AvgIpc) is 1.89. The molecule has 0 aromatic rings. The smallest absolute Gasteiger partial charge is 0.220 e. The highest BCUT2D eigenvalue weighted by Gasteiger charge is 1.95. The lowest BCUT2D eigenvalue weighted by molar-refractivity contribution is -0.121. The van der Waals surface area contributed by atoms with Crippen LogP contribution in [0.15, 0.2) is 4.99 Å². The first-order valence-electron chi connectivity index (χ1n) is 3.50. The molecule has 0 aliphatic rings. The normalized spacial score (nSPS) is 8.90. The van der Waals surface area contributed by atoms with Crippen molar-refractivity contribution in [3.63, 3.8) is 0 Å². The van der Waals surface area contributed by atoms with Crippen LogP contribution < -0.4 is 5.32 Å². The summed E-state index contributed by atoms with van der Waals surface area (Å²) in [5, 5.41) is 2.71. The van der Waals surface area contributed by atoms with Gasteiger partial charge < -0.3 is 5.32 Å². The lowest BCUT2D eigenvalue weighted by Gasteiger charge is -1.99. The van der Waals surface area contributed by atoms with Crippen molar-refractivity contribution in [2.75, 3.05) is 13.1 Å². The predicted molar refractivity (Wildman–Crippen MR) is 42.3 cm³/mol. The van der Waals surface area contributed by atoms with Gasteiger partial charge in [-0.05, 0) is 13.1 Å². The van der Waals surface area contributed by atoms with Crippen molar-refractivity contribution < 1.29 is 4.79 Å². The zero-order valence-electron chi connectivity index (χ0n) is 6.39. The highest BCUT2D eigenvalue weighted by atomic mass is 16.1. The zero-order valence-corrected chi connectivity index (χ0v) is 6.39. The molecule has 58 valence electrons. The number of carbonyl (C=O) groups is 1. The molecule has 3 nitrogen and oxygen atoms in total. The Labute approximate surface area is 61.5 Å². The number of amides is 1. The third kappa shape index (κ3) is 5.28. The standard InChI is InChI=1S/C7H14N2O/c1-3-4-7(10)9-6-5-8-2/h2-6H2,1H3,(H,9,10). The van der Waals surface area contributed by atoms with Crippen LogP contribution >= 0.6 is 0 Å². The number of nitrogens with one attached hydrogen (secondary N) is 1. The van der Waals surface area contributed by atoms with Crippen molar-refractivity contribution in [2.24, 2.45) is 4.99 Å². The van der Waals surface area contributed by atoms with Crippen LogP contribution in [0.25, 0.3) is 0 Å². The molecule has 1 amide bonds. The molecule has 0 aliphatic heterocycles. The number of carbonyl (C=O) groups excluding carboxylic acids is 1. The van der Waals surface area contributed by atoms with Gasteiger partial charge in [-0.2, -0.15) is 0 Å². The van der Waals surface area contributed by atoms with E-state index < -0.39 is 0 Å². The van der Waals surface area contributed by atoms with Crippen LogP contribution in [-0.4, -0.2) is 25.7 Å². The summed E-state index contributed by atoms with van der Waals surface area (Å²) in [6.07, 6.45) is 1.50. The second-order valence-corrected chi connectivity index (χ2v) is 2.05. The molecule has 3 heteroatoms. The Morgan fingerprint density at radius 2 is 2.40 bits per heavy atom. The van der Waals surface area contributed by atoms with Gasteiger partial charge in [-0.15, -0.1) is 0 Å². The Hall–Kier alpha value is -0.860. The Kier molecular flexibility index (Phi) is 5.72. The molecule has 10 heavy (non-hydrogen) atoms. The van der Waals surface area contributed by atoms with E-state index in [1.54, 1.807) is 0 Å². The highest BCUT2D eigenvalue weighted by molar-refractivity contribution is 5.75. The van der Waals surface area contributed by atoms with Crippen LogP contribution in [0.5, 0.6) is 0 Å². The molecule has 0 aromatic carbocycles. The minimum absolute atomic E-state index is 0.103. The average molecular weight is 142 g/mol. The van der Waals surface area contributed by atoms with Gasteiger partial charge in [0.25, 0.3) is 0 Å². The van der Waals surface area contributed by atoms with E-state index in [1.807, 2.05) is 6.92 Å². The molecular weight excluding hydrogens is 128 g/mol. The molecule has 0 saturated heterocycles. The fourth-order valence-electron chi connectivity index (χ4n) is 0.590. The molecule has 0 unspecified atom stereocenters. The van der Waals surface area contributed by atoms with E-state index in [9.17, 15) is 4.79 Å². The van der Waals surface area contributed by atoms with Crippen molar-refractivity contribution in [2.45, 2.75) is 19.8 Å². The van der Waals surface area contributed by atoms with E-state index >= 15 is 0 Å². The molecule has 0 saturated carbocycles. The van der Waals surface area contributed by atoms with Gasteiger partial charge in [-0.25, -0.2) is 0 Å². The van der Waals surface area contributed by atoms with Crippen molar-refractivity contribution in [1.82, 2.24) is 5.32 Å². The summed E-state index contributed by atoms with van der Waals surface area (Å²) in [6.45, 7) is 6.50. The third-order valence-electron chi connectivity index (χ3n) is 1.07. The van der Waals surface area contributed by atoms with E-state index in [1.165, 1.54) is 0 Å². The van der Waals surface area contributed by atoms with Crippen LogP contribution in [0.3, 0.4) is 0 Å². The number of rotatable bonds is 5. The van der Waals surface area contributed by atoms with E-state index in [-0.39, 0.29) is 5.91 Å². The van der Waals surface area contributed by atoms with Gasteiger partial charge in [0, 0.05) is 13.0 Å². The largest absolute Gasteiger partial charge is 0.354 e. The number of hydrogen-bond acceptors (Lipinski definition) is 2. The predicted octanol–water partition coefficient (Wildman–Crippen LogP) is 0.603. The maximum atomic E-state index is 10.7. The maximum absolute atomic E-state index is 10.7. The van der Waals surface area contributed by atoms with Crippen molar-refractivity contribution in [3.05, 3.63) is 0 Å². The summed E-state index contributed by atoms with van der Waals surface area (Å²) in [5.74, 6) is 0.103. The van der Waals surface area contributed by atoms with Crippen LogP contribution in [0, 0.1) is 0 Å². The van der Waals surface area contributed by atoms with Gasteiger partial charge in [0.1, 0.15) is 0 Å². The Balaban J connectivity index is 3.13. The lowest BCUT2D eigenvalue weighted by Crippen LogP contribution is -2.25. The van der Waals surface area contributed by atoms with Crippen molar-refractivity contribution in [3.8, 4) is 0 Å². The number of nitrogens with zero attached hydrogens (tertiary/aromatic N) is 1. The topological polar surface area (TPSA) is 41.5 Å². The number of hydrogen-bond donors (Lipinski definition) is 1. The van der Waals surface area contributed by atoms with Crippen LogP contribution in [0.4, 0.5) is 0 Å². The SMILES string of the molecule is C=NCCNC(=O)CCC. The monoisotopic (exact) mass is 142 g/mol. The highest BCUT2D eigenvalue weighted by Crippen LogP contribution is 1.84. The molecular formula is C7H14N2O. The van der Waals surface area contributed by atoms with Gasteiger partial charge in [-0.3, -0.25) is 9.79 Å². The van der Waals surface area contributed by atoms with Crippen LogP contribution in [-0.2, 0) is 4.79 Å². The molecule has 1 N–H and O–H groups in total. The third-order valence-corrected chi connectivity index (χ3v) is 1.07. The minimum Gasteiger partial charge on any atom is -0.354 e. The molecule has 0 radical (unpaired) electrons. The zero-order chi connectivity index (χ0) is 7.82. The van der Waals surface area contributed by atoms with E-state index in [2.05, 4.69) is 17.0 Å². The molecule has 0 heterocycles. The first-order valence-corrected chi connectivity index (χ1v) is 3.50. The fourth-order valence-corrected chi connectivity index (χ4v) is 0.590. The van der Waals surface area contributed by atoms with Crippen molar-refractivity contribution >= 4 is 12.6 Å². The summed E-state index contributed by atoms with van der Waals surface area (Å²) in [5.41, 5.74) is 0. The van der Waals surface area contributed by atoms with E-state index in [0.29, 0.717) is 19.5 Å². The summed E-state index contributed by atoms with van der Waals surface area (Å²) in [7, 11) is 0. The number of aliphatic imine (C=N–C) groups is 1. The van der Waals surface area contributed by atoms with Gasteiger partial charge in [0.2, 0.25) is 5.91 Å².